The fourth-order valence-electron chi connectivity index (χ4n) is 16.1. The van der Waals surface area contributed by atoms with Crippen molar-refractivity contribution in [2.24, 2.45) is 51.1 Å². The van der Waals surface area contributed by atoms with Crippen molar-refractivity contribution in [3.8, 4) is 0 Å². The van der Waals surface area contributed by atoms with Gasteiger partial charge in [-0.1, -0.05) is 230 Å². The van der Waals surface area contributed by atoms with Crippen molar-refractivity contribution in [3.63, 3.8) is 0 Å². The number of carboxylic acid groups (broad SMARTS) is 1. The molecule has 1 aliphatic heterocycles. The summed E-state index contributed by atoms with van der Waals surface area (Å²) in [6.45, 7) is 37.5. The molecular weight excluding hydrogens is 1880 g/mol. The van der Waals surface area contributed by atoms with Crippen LogP contribution in [0.15, 0.2) is 214 Å². The Morgan fingerprint density at radius 2 is 1.01 bits per heavy atom. The monoisotopic (exact) mass is 2010 g/mol. The topological polar surface area (TPSA) is 240 Å². The van der Waals surface area contributed by atoms with Gasteiger partial charge < -0.3 is 64.2 Å². The summed E-state index contributed by atoms with van der Waals surface area (Å²) in [5.41, 5.74) is 8.01. The molecule has 1 amide bonds. The van der Waals surface area contributed by atoms with Crippen LogP contribution in [0.3, 0.4) is 0 Å². The van der Waals surface area contributed by atoms with Crippen LogP contribution in [0.4, 0.5) is 0 Å². The molecule has 6 aromatic rings. The van der Waals surface area contributed by atoms with Crippen molar-refractivity contribution >= 4 is 158 Å². The zero-order chi connectivity index (χ0) is 93.2. The summed E-state index contributed by atoms with van der Waals surface area (Å²) in [5, 5.41) is 47.1. The average molecular weight is 2010 g/mol. The van der Waals surface area contributed by atoms with Gasteiger partial charge in [0.05, 0.1) is 22.2 Å². The molecule has 13 rings (SSSR count). The summed E-state index contributed by atoms with van der Waals surface area (Å²) in [4.78, 5) is 71.2. The van der Waals surface area contributed by atoms with Crippen LogP contribution in [0.2, 0.25) is 36.5 Å². The Morgan fingerprint density at radius 1 is 0.578 bits per heavy atom. The molecule has 1 heterocycles. The molecule has 0 aromatic heterocycles. The molecule has 128 heavy (non-hydrogen) atoms. The van der Waals surface area contributed by atoms with Crippen molar-refractivity contribution in [2.75, 3.05) is 0 Å². The summed E-state index contributed by atoms with van der Waals surface area (Å²) in [5.74, 6) is 0.931. The summed E-state index contributed by atoms with van der Waals surface area (Å²) >= 11 is 38.4. The van der Waals surface area contributed by atoms with Gasteiger partial charge in [-0.3, -0.25) is 35.3 Å². The van der Waals surface area contributed by atoms with Crippen LogP contribution in [-0.2, 0) is 75.5 Å². The number of rotatable bonds is 18. The van der Waals surface area contributed by atoms with E-state index in [4.69, 9.17) is 94.7 Å². The number of amides is 1. The number of allylic oxidation sites excluding steroid dienone is 8. The number of carbonyl (C=O) groups is 6. The van der Waals surface area contributed by atoms with E-state index < -0.39 is 29.6 Å². The van der Waals surface area contributed by atoms with Crippen LogP contribution < -0.4 is 28.0 Å². The molecule has 1 saturated heterocycles. The minimum atomic E-state index is -1.78. The first-order chi connectivity index (χ1) is 58.7. The third-order valence-electron chi connectivity index (χ3n) is 25.3. The predicted octanol–water partition coefficient (Wildman–Crippen LogP) is 22.0. The van der Waals surface area contributed by atoms with Gasteiger partial charge >= 0.3 is 43.8 Å². The maximum atomic E-state index is 13.3. The number of aliphatic carboxylic acids is 1. The normalized spacial score (nSPS) is 24.9. The first kappa shape index (κ1) is 119. The Bertz CT molecular complexity index is 4530. The van der Waals surface area contributed by atoms with Gasteiger partial charge in [0.15, 0.2) is 17.3 Å². The number of Topliss-reactive ketones (excluding diaryl/α,β-unsaturated/α-hetero) is 1. The maximum absolute atomic E-state index is 13.3. The molecule has 4 fully saturated rings. The van der Waals surface area contributed by atoms with E-state index in [0.29, 0.717) is 41.9 Å². The molecule has 693 valence electrons. The van der Waals surface area contributed by atoms with E-state index in [1.165, 1.54) is 35.5 Å². The van der Waals surface area contributed by atoms with Gasteiger partial charge in [0, 0.05) is 77.0 Å². The zero-order valence-corrected chi connectivity index (χ0v) is 85.1. The molecule has 6 aliphatic carbocycles. The van der Waals surface area contributed by atoms with Crippen LogP contribution in [0.5, 0.6) is 0 Å². The predicted molar refractivity (Wildman–Crippen MR) is 533 cm³/mol. The second-order valence-electron chi connectivity index (χ2n) is 36.9. The number of carbonyl (C=O) groups excluding carboxylic acids is 5. The van der Waals surface area contributed by atoms with Gasteiger partial charge in [-0.2, -0.15) is 0 Å². The number of ketones is 4. The van der Waals surface area contributed by atoms with E-state index in [-0.39, 0.29) is 141 Å². The quantitative estimate of drug-likeness (QED) is 0.0203. The Morgan fingerprint density at radius 3 is 1.39 bits per heavy atom. The molecule has 6 aromatic carbocycles. The third-order valence-corrected chi connectivity index (χ3v) is 27.4. The van der Waals surface area contributed by atoms with E-state index in [1.807, 2.05) is 195 Å². The fourth-order valence-corrected chi connectivity index (χ4v) is 17.2. The van der Waals surface area contributed by atoms with Crippen molar-refractivity contribution in [2.45, 2.75) is 264 Å². The van der Waals surface area contributed by atoms with Gasteiger partial charge in [0.25, 0.3) is 0 Å². The molecule has 0 bridgehead atoms. The SMILES string of the molecule is C.C=CC1CCC(C)(Cc2ccc(Cl)cc2)C(=O)C1.C=CC1CCC(C)(Cc2ccc(Cl)cc2)C(C)(C(=O)NC(C)(C)C)C1.CC1(C)O[B]OC1(C)C.CC1(Cc2ccc(Cl)cc2)CCC=CC1=O.Clc1ccc(CBr)cc1.NC1(C(=O)O)CC(CCB(O)O)CCC1(O)Cc1ccc(Cl)cc1.O=C1C=CCCC1.O=C1C=CCCC1Cc1ccc(Cl)cc1.[Br-].[CH-]=C.[Mg+2]. The summed E-state index contributed by atoms with van der Waals surface area (Å²) in [6, 6.07) is 46.0. The largest absolute Gasteiger partial charge is 2.00 e. The number of hydrogen-bond acceptors (Lipinski definition) is 12. The van der Waals surface area contributed by atoms with Gasteiger partial charge in [-0.25, -0.2) is 0 Å². The zero-order valence-electron chi connectivity index (χ0n) is 76.0. The number of carboxylic acids is 1. The molecule has 25 heteroatoms. The Balaban J connectivity index is 0.000000506. The second-order valence-corrected chi connectivity index (χ2v) is 40.1. The van der Waals surface area contributed by atoms with Crippen molar-refractivity contribution in [3.05, 3.63) is 284 Å². The molecule has 0 spiro atoms. The molecule has 7 aliphatic rings. The van der Waals surface area contributed by atoms with Gasteiger partial charge in [-0.05, 0) is 318 Å². The number of hydrogen-bond donors (Lipinski definition) is 6. The minimum absolute atomic E-state index is 0. The Kier molecular flexibility index (Phi) is 52.1. The van der Waals surface area contributed by atoms with E-state index >= 15 is 0 Å². The Hall–Kier alpha value is -5.26. The van der Waals surface area contributed by atoms with E-state index in [0.717, 1.165) is 139 Å². The third kappa shape index (κ3) is 38.2. The van der Waals surface area contributed by atoms with Gasteiger partial charge in [0.1, 0.15) is 11.3 Å². The maximum Gasteiger partial charge on any atom is 2.00 e. The van der Waals surface area contributed by atoms with Crippen LogP contribution in [0, 0.1) is 51.9 Å². The van der Waals surface area contributed by atoms with Crippen molar-refractivity contribution in [1.29, 1.82) is 0 Å². The molecule has 14 nitrogen and oxygen atoms in total. The summed E-state index contributed by atoms with van der Waals surface area (Å²) in [6.07, 6.45) is 32.3. The average Bonchev–Trinajstić information content (AvgIpc) is 0.882. The molecule has 10 atom stereocenters. The van der Waals surface area contributed by atoms with Crippen LogP contribution in [0.25, 0.3) is 0 Å². The summed E-state index contributed by atoms with van der Waals surface area (Å²) in [7, 11) is -0.00289. The first-order valence-corrected chi connectivity index (χ1v) is 46.5. The molecule has 7 N–H and O–H groups in total. The van der Waals surface area contributed by atoms with E-state index in [1.54, 1.807) is 42.5 Å². The van der Waals surface area contributed by atoms with Gasteiger partial charge in [-0.15, -0.1) is 13.2 Å². The number of alkyl halides is 1. The number of benzene rings is 6. The molecular formula is C103H135B2Br2Cl6MgN2O12. The van der Waals surface area contributed by atoms with Crippen LogP contribution >= 0.6 is 85.5 Å². The number of halogens is 8. The fraction of sp³-hybridized carbons (Fsp3) is 0.476. The first-order valence-electron chi connectivity index (χ1n) is 43.2. The minimum Gasteiger partial charge on any atom is -1.00 e. The van der Waals surface area contributed by atoms with Crippen molar-refractivity contribution in [1.82, 2.24) is 5.32 Å². The summed E-state index contributed by atoms with van der Waals surface area (Å²) < 4.78 is 10.4. The molecule has 10 unspecified atom stereocenters. The standard InChI is InChI=1S/C22H32ClNO.C16H23BClNO5.C16H19ClO.C14H15ClO.C13H13ClO.C7H6BrCl.C6H12BO2.C6H8O.C2H3.CH4.BrH.Mg/c1-7-16-12-13-21(5,14-17-8-10-18(23)11-9-17)22(6,15-16)19(25)24-20(2,3)4;18-13-3-1-11(2-4-13)9-15(22)7-5-12(6-8-17(23)24)10-16(15,19)14(20)21;1-3-12-8-9-16(2,15(18)10-12)11-13-4-6-14(17)7-5-13;1-14(9-3-2-4-13(14)16)10-11-5-7-12(15)8-6-11;14-12-7-5-10(6-8-12)9-11-3-1-2-4-13(11)15;8-5-6-1-3-7(9)4-2-6;1-5(2)6(3,4)9-7-8-5;7-6-4-2-1-3-5-6;1-2;;;/h7-11,16H,1,12-15H2,2-6H3,(H,24,25);1-4,12,22-24H,5-10,19H2,(H,20,21);3-7,12H,1,8-11H2,2H3;2,4-8H,3,9-10H2,1H3;2,4-8,11H,1,3,9H2;1-4H,5H2;1-4H3;2,4H,1,3,5H2;1H,2H2;1H4;1H;/q;;;;;;;;-1;;;+2/p-1. The Labute approximate surface area is 831 Å². The van der Waals surface area contributed by atoms with E-state index in [9.17, 15) is 39.0 Å². The van der Waals surface area contributed by atoms with Gasteiger partial charge in [0.2, 0.25) is 5.91 Å². The second kappa shape index (κ2) is 56.2. The number of aliphatic hydroxyl groups is 1. The smallest absolute Gasteiger partial charge is 1.00 e. The molecule has 1 radical (unpaired) electrons. The molecule has 3 saturated carbocycles. The van der Waals surface area contributed by atoms with Crippen LogP contribution in [-0.4, -0.2) is 121 Å². The number of nitrogens with two attached hydrogens (primary N) is 1. The van der Waals surface area contributed by atoms with Crippen molar-refractivity contribution < 1.29 is 75.3 Å². The van der Waals surface area contributed by atoms with Crippen LogP contribution in [0.1, 0.15) is 226 Å². The van der Waals surface area contributed by atoms with E-state index in [2.05, 4.69) is 80.5 Å². The number of nitrogens with one attached hydrogen (secondary N) is 1.